The number of ketones is 2. The fraction of sp³-hybridized carbons (Fsp3) is 0.405. The molecule has 0 fully saturated rings. The Hall–Kier alpha value is -4.97. The molecule has 0 saturated heterocycles. The van der Waals surface area contributed by atoms with E-state index in [-0.39, 0.29) is 48.0 Å². The molecule has 3 aliphatic rings. The molecule has 11 heteroatoms. The number of aromatic nitrogens is 1. The van der Waals surface area contributed by atoms with Gasteiger partial charge in [-0.15, -0.1) is 0 Å². The van der Waals surface area contributed by atoms with Crippen molar-refractivity contribution in [3.05, 3.63) is 117 Å². The first-order chi connectivity index (χ1) is 25.2. The second kappa shape index (κ2) is 13.8. The number of aliphatic hydroxyl groups is 2. The van der Waals surface area contributed by atoms with Crippen LogP contribution >= 0.6 is 0 Å². The van der Waals surface area contributed by atoms with E-state index in [2.05, 4.69) is 31.2 Å². The van der Waals surface area contributed by atoms with Gasteiger partial charge in [-0.05, 0) is 87.1 Å². The lowest BCUT2D eigenvalue weighted by molar-refractivity contribution is -0.0559. The Morgan fingerprint density at radius 2 is 1.57 bits per heavy atom. The summed E-state index contributed by atoms with van der Waals surface area (Å²) in [6.07, 6.45) is 0.613. The van der Waals surface area contributed by atoms with Crippen molar-refractivity contribution in [3.8, 4) is 11.6 Å². The Morgan fingerprint density at radius 3 is 2.15 bits per heavy atom. The van der Waals surface area contributed by atoms with E-state index in [1.165, 1.54) is 0 Å². The number of benzene rings is 3. The predicted octanol–water partition coefficient (Wildman–Crippen LogP) is 6.20. The van der Waals surface area contributed by atoms with Gasteiger partial charge in [0.25, 0.3) is 5.88 Å². The minimum absolute atomic E-state index is 0.0311. The number of hydrogen-bond donors (Lipinski definition) is 3. The molecule has 0 saturated carbocycles. The van der Waals surface area contributed by atoms with Crippen LogP contribution in [0, 0.1) is 11.8 Å². The number of Topliss-reactive ketones (excluding diaryl/α,β-unsaturated/α-hetero) is 2. The summed E-state index contributed by atoms with van der Waals surface area (Å²) in [5.41, 5.74) is 2.19. The van der Waals surface area contributed by atoms with E-state index in [1.807, 2.05) is 105 Å². The van der Waals surface area contributed by atoms with Crippen LogP contribution in [-0.4, -0.2) is 71.2 Å². The van der Waals surface area contributed by atoms with Crippen molar-refractivity contribution < 1.29 is 33.8 Å². The van der Waals surface area contributed by atoms with Gasteiger partial charge in [-0.25, -0.2) is 0 Å². The molecule has 4 aromatic rings. The quantitative estimate of drug-likeness (QED) is 0.173. The molecule has 7 rings (SSSR count). The summed E-state index contributed by atoms with van der Waals surface area (Å²) in [7, 11) is 7.56. The Bertz CT molecular complexity index is 2070. The first-order valence-electron chi connectivity index (χ1n) is 18.1. The molecule has 1 heterocycles. The van der Waals surface area contributed by atoms with Crippen LogP contribution in [0.15, 0.2) is 82.6 Å². The van der Waals surface area contributed by atoms with E-state index in [1.54, 1.807) is 0 Å². The van der Waals surface area contributed by atoms with Crippen LogP contribution in [0.25, 0.3) is 0 Å². The summed E-state index contributed by atoms with van der Waals surface area (Å²) in [5.74, 6) is -2.68. The zero-order chi connectivity index (χ0) is 37.8. The molecule has 4 atom stereocenters. The Kier molecular flexibility index (Phi) is 9.46. The third kappa shape index (κ3) is 6.40. The molecule has 0 radical (unpaired) electrons. The molecule has 53 heavy (non-hydrogen) atoms. The molecule has 3 aromatic carbocycles. The largest absolute Gasteiger partial charge is 0.508 e. The molecule has 0 spiro atoms. The van der Waals surface area contributed by atoms with Crippen molar-refractivity contribution >= 4 is 17.3 Å². The minimum atomic E-state index is -2.43. The van der Waals surface area contributed by atoms with Gasteiger partial charge in [-0.3, -0.25) is 14.5 Å². The minimum Gasteiger partial charge on any atom is -0.508 e. The molecule has 11 nitrogen and oxygen atoms in total. The number of carbonyl (C=O) groups is 2. The molecule has 0 bridgehead atoms. The summed E-state index contributed by atoms with van der Waals surface area (Å²) in [6.45, 7) is 7.17. The van der Waals surface area contributed by atoms with Crippen molar-refractivity contribution in [2.45, 2.75) is 70.6 Å². The van der Waals surface area contributed by atoms with Crippen LogP contribution in [0.4, 0.5) is 5.69 Å². The van der Waals surface area contributed by atoms with Gasteiger partial charge in [0.15, 0.2) is 17.1 Å². The van der Waals surface area contributed by atoms with Gasteiger partial charge in [-0.1, -0.05) is 60.7 Å². The Labute approximate surface area is 310 Å². The van der Waals surface area contributed by atoms with E-state index in [9.17, 15) is 19.8 Å². The maximum Gasteiger partial charge on any atom is 0.265 e. The fourth-order valence-electron chi connectivity index (χ4n) is 8.26. The monoisotopic (exact) mass is 720 g/mol. The highest BCUT2D eigenvalue weighted by atomic mass is 16.5. The number of ether oxygens (including phenoxy) is 2. The molecule has 278 valence electrons. The van der Waals surface area contributed by atoms with Gasteiger partial charge in [0.1, 0.15) is 30.3 Å². The second-order valence-corrected chi connectivity index (χ2v) is 15.8. The number of aliphatic hydroxyl groups excluding tert-OH is 1. The summed E-state index contributed by atoms with van der Waals surface area (Å²) >= 11 is 0. The second-order valence-electron chi connectivity index (χ2n) is 15.8. The molecule has 0 unspecified atom stereocenters. The number of anilines is 1. The van der Waals surface area contributed by atoms with Crippen molar-refractivity contribution in [2.75, 3.05) is 33.1 Å². The number of rotatable bonds is 10. The fourth-order valence-corrected chi connectivity index (χ4v) is 8.26. The highest BCUT2D eigenvalue weighted by Gasteiger charge is 2.64. The van der Waals surface area contributed by atoms with Crippen LogP contribution in [0.1, 0.15) is 82.0 Å². The molecule has 1 aromatic heterocycles. The maximum absolute atomic E-state index is 14.9. The zero-order valence-electron chi connectivity index (χ0n) is 31.4. The molecule has 0 amide bonds. The highest BCUT2D eigenvalue weighted by Crippen LogP contribution is 2.57. The van der Waals surface area contributed by atoms with Gasteiger partial charge >= 0.3 is 0 Å². The van der Waals surface area contributed by atoms with Gasteiger partial charge in [0.05, 0.1) is 11.6 Å². The van der Waals surface area contributed by atoms with Gasteiger partial charge in [0.2, 0.25) is 5.78 Å². The van der Waals surface area contributed by atoms with E-state index in [0.29, 0.717) is 24.3 Å². The average molecular weight is 721 g/mol. The molecule has 0 aliphatic heterocycles. The number of hydrogen-bond acceptors (Lipinski definition) is 11. The normalized spacial score (nSPS) is 22.2. The summed E-state index contributed by atoms with van der Waals surface area (Å²) < 4.78 is 18.3. The Morgan fingerprint density at radius 1 is 0.943 bits per heavy atom. The highest BCUT2D eigenvalue weighted by molar-refractivity contribution is 6.16. The summed E-state index contributed by atoms with van der Waals surface area (Å²) in [6, 6.07) is 20.4. The lowest BCUT2D eigenvalue weighted by Crippen LogP contribution is -2.59. The average Bonchev–Trinajstić information content (AvgIpc) is 3.53. The first-order valence-corrected chi connectivity index (χ1v) is 18.1. The van der Waals surface area contributed by atoms with E-state index in [4.69, 9.17) is 14.0 Å². The standard InChI is InChI=1S/C42H48N4O7/c1-41(2,3)43-21-27-20-30(51-22-24-14-10-8-11-15-24)32-28(34(27)45(4)5)18-26-19-29-35(46(6)7)37-33(39(49)42(29,50)38(48)31(26)36(32)47)40(44-53-37)52-23-25-16-12-9-13-17-25/h8-17,20,26,29,35,43,48,50H,18-19,21-23H2,1-7H3/t26-,29-,35-,42-/m0/s1. The Balaban J connectivity index is 1.35. The summed E-state index contributed by atoms with van der Waals surface area (Å²) in [5, 5.41) is 32.5. The summed E-state index contributed by atoms with van der Waals surface area (Å²) in [4.78, 5) is 33.4. The number of fused-ring (bicyclic) bond motifs is 4. The van der Waals surface area contributed by atoms with Gasteiger partial charge < -0.3 is 34.4 Å². The third-order valence-electron chi connectivity index (χ3n) is 10.6. The number of carbonyl (C=O) groups excluding carboxylic acids is 2. The van der Waals surface area contributed by atoms with Crippen LogP contribution in [0.2, 0.25) is 0 Å². The smallest absolute Gasteiger partial charge is 0.265 e. The number of nitrogens with zero attached hydrogens (tertiary/aromatic N) is 3. The maximum atomic E-state index is 14.9. The molecular weight excluding hydrogens is 672 g/mol. The third-order valence-corrected chi connectivity index (χ3v) is 10.6. The number of nitrogens with one attached hydrogen (secondary N) is 1. The van der Waals surface area contributed by atoms with E-state index in [0.717, 1.165) is 27.9 Å². The SMILES string of the molecule is CN(C)c1c(CNC(C)(C)C)cc(OCc2ccccc2)c2c1C[C@H]1C[C@H]3[C@H](N(C)C)c4onc(OCc5ccccc5)c4C(=O)[C@@]3(O)C(O)=C1C2=O. The van der Waals surface area contributed by atoms with E-state index >= 15 is 0 Å². The van der Waals surface area contributed by atoms with E-state index < -0.39 is 40.8 Å². The predicted molar refractivity (Wildman–Crippen MR) is 200 cm³/mol. The van der Waals surface area contributed by atoms with Crippen molar-refractivity contribution in [3.63, 3.8) is 0 Å². The topological polar surface area (TPSA) is 138 Å². The van der Waals surface area contributed by atoms with Crippen molar-refractivity contribution in [1.82, 2.24) is 15.4 Å². The van der Waals surface area contributed by atoms with Crippen LogP contribution in [0.5, 0.6) is 11.6 Å². The lowest BCUT2D eigenvalue weighted by atomic mass is 9.58. The van der Waals surface area contributed by atoms with Crippen molar-refractivity contribution in [1.29, 1.82) is 0 Å². The van der Waals surface area contributed by atoms with Crippen molar-refractivity contribution in [2.24, 2.45) is 11.8 Å². The van der Waals surface area contributed by atoms with Gasteiger partial charge in [-0.2, -0.15) is 0 Å². The number of allylic oxidation sites excluding steroid dienone is 1. The zero-order valence-corrected chi connectivity index (χ0v) is 31.4. The molecular formula is C42H48N4O7. The van der Waals surface area contributed by atoms with Crippen LogP contribution in [-0.2, 0) is 26.2 Å². The van der Waals surface area contributed by atoms with Gasteiger partial charge in [0, 0.05) is 43.4 Å². The lowest BCUT2D eigenvalue weighted by Gasteiger charge is -2.49. The van der Waals surface area contributed by atoms with Crippen LogP contribution < -0.4 is 19.7 Å². The first kappa shape index (κ1) is 36.4. The van der Waals surface area contributed by atoms with Crippen LogP contribution in [0.3, 0.4) is 0 Å². The molecule has 3 aliphatic carbocycles. The molecule has 3 N–H and O–H groups in total.